The third-order valence-electron chi connectivity index (χ3n) is 2.74. The lowest BCUT2D eigenvalue weighted by Gasteiger charge is -2.26. The molecule has 0 amide bonds. The molecule has 0 fully saturated rings. The highest BCUT2D eigenvalue weighted by Gasteiger charge is 2.32. The quantitative estimate of drug-likeness (QED) is 0.672. The van der Waals surface area contributed by atoms with E-state index in [9.17, 15) is 9.59 Å². The van der Waals surface area contributed by atoms with Crippen LogP contribution in [0.3, 0.4) is 0 Å². The molecule has 0 aromatic heterocycles. The summed E-state index contributed by atoms with van der Waals surface area (Å²) in [5, 5.41) is 17.6. The summed E-state index contributed by atoms with van der Waals surface area (Å²) in [4.78, 5) is 21.5. The van der Waals surface area contributed by atoms with Crippen molar-refractivity contribution >= 4 is 11.9 Å². The van der Waals surface area contributed by atoms with E-state index in [0.29, 0.717) is 12.8 Å². The lowest BCUT2D eigenvalue weighted by molar-refractivity contribution is -0.145. The third kappa shape index (κ3) is 2.13. The zero-order valence-electron chi connectivity index (χ0n) is 8.01. The maximum Gasteiger partial charge on any atom is 0.310 e. The van der Waals surface area contributed by atoms with Gasteiger partial charge in [-0.2, -0.15) is 0 Å². The van der Waals surface area contributed by atoms with Crippen LogP contribution >= 0.6 is 0 Å². The molecule has 0 heterocycles. The zero-order chi connectivity index (χ0) is 10.7. The van der Waals surface area contributed by atoms with Gasteiger partial charge < -0.3 is 10.2 Å². The second-order valence-corrected chi connectivity index (χ2v) is 3.60. The molecule has 4 heteroatoms. The summed E-state index contributed by atoms with van der Waals surface area (Å²) >= 11 is 0. The number of hydrogen-bond acceptors (Lipinski definition) is 2. The average Bonchev–Trinajstić information content (AvgIpc) is 2.16. The molecule has 1 rings (SSSR count). The fourth-order valence-electron chi connectivity index (χ4n) is 1.85. The summed E-state index contributed by atoms with van der Waals surface area (Å²) in [7, 11) is 0. The lowest BCUT2D eigenvalue weighted by atomic mass is 9.77. The van der Waals surface area contributed by atoms with Crippen LogP contribution in [0.1, 0.15) is 19.8 Å². The zero-order valence-corrected chi connectivity index (χ0v) is 8.01. The van der Waals surface area contributed by atoms with Gasteiger partial charge in [0.05, 0.1) is 11.8 Å². The molecule has 0 saturated heterocycles. The van der Waals surface area contributed by atoms with Crippen molar-refractivity contribution in [2.75, 3.05) is 0 Å². The van der Waals surface area contributed by atoms with Gasteiger partial charge in [0.15, 0.2) is 0 Å². The van der Waals surface area contributed by atoms with E-state index in [0.717, 1.165) is 0 Å². The average molecular weight is 198 g/mol. The molecule has 2 N–H and O–H groups in total. The Balaban J connectivity index is 2.79. The minimum Gasteiger partial charge on any atom is -0.481 e. The van der Waals surface area contributed by atoms with Gasteiger partial charge in [-0.15, -0.1) is 0 Å². The van der Waals surface area contributed by atoms with Gasteiger partial charge in [0.1, 0.15) is 0 Å². The first-order chi connectivity index (χ1) is 6.56. The molecule has 0 aromatic carbocycles. The summed E-state index contributed by atoms with van der Waals surface area (Å²) in [6.45, 7) is 1.89. The summed E-state index contributed by atoms with van der Waals surface area (Å²) in [6.07, 6.45) is 4.14. The van der Waals surface area contributed by atoms with Crippen molar-refractivity contribution in [3.05, 3.63) is 12.2 Å². The van der Waals surface area contributed by atoms with Crippen LogP contribution in [0.5, 0.6) is 0 Å². The van der Waals surface area contributed by atoms with E-state index in [1.807, 2.05) is 6.92 Å². The topological polar surface area (TPSA) is 74.6 Å². The SMILES string of the molecule is CCC1CC(C(=O)O)C=CC1C(=O)O. The number of carboxylic acid groups (broad SMARTS) is 2. The van der Waals surface area contributed by atoms with Gasteiger partial charge in [0.25, 0.3) is 0 Å². The van der Waals surface area contributed by atoms with Gasteiger partial charge in [-0.3, -0.25) is 9.59 Å². The smallest absolute Gasteiger partial charge is 0.310 e. The minimum absolute atomic E-state index is 0.0569. The number of carbonyl (C=O) groups is 2. The Kier molecular flexibility index (Phi) is 3.28. The Morgan fingerprint density at radius 3 is 2.36 bits per heavy atom. The second-order valence-electron chi connectivity index (χ2n) is 3.60. The monoisotopic (exact) mass is 198 g/mol. The Labute approximate surface area is 82.2 Å². The molecular formula is C10H14O4. The number of rotatable bonds is 3. The van der Waals surface area contributed by atoms with Crippen LogP contribution in [0, 0.1) is 17.8 Å². The molecule has 0 bridgehead atoms. The fraction of sp³-hybridized carbons (Fsp3) is 0.600. The van der Waals surface area contributed by atoms with Crippen LogP contribution in [-0.2, 0) is 9.59 Å². The molecule has 0 saturated carbocycles. The highest BCUT2D eigenvalue weighted by atomic mass is 16.4. The maximum absolute atomic E-state index is 10.8. The van der Waals surface area contributed by atoms with Gasteiger partial charge >= 0.3 is 11.9 Å². The molecule has 0 aliphatic heterocycles. The molecule has 3 atom stereocenters. The van der Waals surface area contributed by atoms with Crippen LogP contribution < -0.4 is 0 Å². The summed E-state index contributed by atoms with van der Waals surface area (Å²) in [5.74, 6) is -2.83. The molecule has 0 spiro atoms. The molecule has 14 heavy (non-hydrogen) atoms. The third-order valence-corrected chi connectivity index (χ3v) is 2.74. The van der Waals surface area contributed by atoms with E-state index in [1.165, 1.54) is 12.2 Å². The first kappa shape index (κ1) is 10.8. The Morgan fingerprint density at radius 2 is 1.93 bits per heavy atom. The predicted molar refractivity (Wildman–Crippen MR) is 49.8 cm³/mol. The molecule has 0 radical (unpaired) electrons. The molecule has 1 aliphatic carbocycles. The molecular weight excluding hydrogens is 184 g/mol. The Bertz CT molecular complexity index is 269. The predicted octanol–water partition coefficient (Wildman–Crippen LogP) is 1.37. The van der Waals surface area contributed by atoms with Crippen LogP contribution in [0.25, 0.3) is 0 Å². The van der Waals surface area contributed by atoms with Crippen LogP contribution in [0.15, 0.2) is 12.2 Å². The maximum atomic E-state index is 10.8. The van der Waals surface area contributed by atoms with Crippen molar-refractivity contribution in [3.8, 4) is 0 Å². The summed E-state index contributed by atoms with van der Waals surface area (Å²) in [5.41, 5.74) is 0. The molecule has 0 aromatic rings. The Morgan fingerprint density at radius 1 is 1.29 bits per heavy atom. The van der Waals surface area contributed by atoms with Gasteiger partial charge in [-0.1, -0.05) is 25.5 Å². The van der Waals surface area contributed by atoms with Crippen molar-refractivity contribution in [1.29, 1.82) is 0 Å². The Hall–Kier alpha value is -1.32. The van der Waals surface area contributed by atoms with Crippen molar-refractivity contribution in [3.63, 3.8) is 0 Å². The second kappa shape index (κ2) is 4.26. The highest BCUT2D eigenvalue weighted by Crippen LogP contribution is 2.31. The van der Waals surface area contributed by atoms with Gasteiger partial charge in [0.2, 0.25) is 0 Å². The van der Waals surface area contributed by atoms with Crippen LogP contribution in [0.2, 0.25) is 0 Å². The first-order valence-electron chi connectivity index (χ1n) is 4.70. The van der Waals surface area contributed by atoms with E-state index in [2.05, 4.69) is 0 Å². The molecule has 1 aliphatic rings. The van der Waals surface area contributed by atoms with E-state index < -0.39 is 23.8 Å². The van der Waals surface area contributed by atoms with E-state index >= 15 is 0 Å². The van der Waals surface area contributed by atoms with Gasteiger partial charge in [-0.25, -0.2) is 0 Å². The van der Waals surface area contributed by atoms with E-state index in [1.54, 1.807) is 0 Å². The van der Waals surface area contributed by atoms with Crippen LogP contribution in [-0.4, -0.2) is 22.2 Å². The van der Waals surface area contributed by atoms with Gasteiger partial charge in [-0.05, 0) is 12.3 Å². The lowest BCUT2D eigenvalue weighted by Crippen LogP contribution is -2.29. The minimum atomic E-state index is -0.872. The fourth-order valence-corrected chi connectivity index (χ4v) is 1.85. The van der Waals surface area contributed by atoms with E-state index in [4.69, 9.17) is 10.2 Å². The number of hydrogen-bond donors (Lipinski definition) is 2. The van der Waals surface area contributed by atoms with E-state index in [-0.39, 0.29) is 5.92 Å². The number of aliphatic carboxylic acids is 2. The normalized spacial score (nSPS) is 31.4. The van der Waals surface area contributed by atoms with Crippen molar-refractivity contribution in [1.82, 2.24) is 0 Å². The van der Waals surface area contributed by atoms with Gasteiger partial charge in [0, 0.05) is 0 Å². The highest BCUT2D eigenvalue weighted by molar-refractivity contribution is 5.76. The largest absolute Gasteiger partial charge is 0.481 e. The number of carboxylic acids is 2. The summed E-state index contributed by atoms with van der Waals surface area (Å²) < 4.78 is 0. The van der Waals surface area contributed by atoms with Crippen molar-refractivity contribution in [2.45, 2.75) is 19.8 Å². The molecule has 78 valence electrons. The van der Waals surface area contributed by atoms with Crippen molar-refractivity contribution < 1.29 is 19.8 Å². The first-order valence-corrected chi connectivity index (χ1v) is 4.70. The molecule has 4 nitrogen and oxygen atoms in total. The van der Waals surface area contributed by atoms with Crippen molar-refractivity contribution in [2.24, 2.45) is 17.8 Å². The standard InChI is InChI=1S/C10H14O4/c1-2-6-5-7(9(11)12)3-4-8(6)10(13)14/h3-4,6-8H,2,5H2,1H3,(H,11,12)(H,13,14). The van der Waals surface area contributed by atoms with Crippen LogP contribution in [0.4, 0.5) is 0 Å². The summed E-state index contributed by atoms with van der Waals surface area (Å²) in [6, 6.07) is 0. The molecule has 3 unspecified atom stereocenters.